The van der Waals surface area contributed by atoms with E-state index in [1.54, 1.807) is 24.4 Å². The molecule has 8 heteroatoms. The number of ether oxygens (including phenoxy) is 1. The Kier molecular flexibility index (Phi) is 6.18. The van der Waals surface area contributed by atoms with Crippen molar-refractivity contribution in [3.63, 3.8) is 0 Å². The monoisotopic (exact) mass is 418 g/mol. The van der Waals surface area contributed by atoms with Crippen LogP contribution in [0, 0.1) is 10.1 Å². The Labute approximate surface area is 179 Å². The van der Waals surface area contributed by atoms with Gasteiger partial charge in [0.2, 0.25) is 0 Å². The molecule has 8 nitrogen and oxygen atoms in total. The summed E-state index contributed by atoms with van der Waals surface area (Å²) >= 11 is 0. The molecule has 1 aliphatic heterocycles. The van der Waals surface area contributed by atoms with Gasteiger partial charge in [-0.1, -0.05) is 36.4 Å². The van der Waals surface area contributed by atoms with Crippen molar-refractivity contribution < 1.29 is 14.5 Å². The molecule has 2 heterocycles. The van der Waals surface area contributed by atoms with E-state index in [2.05, 4.69) is 10.3 Å². The number of carbonyl (C=O) groups is 1. The van der Waals surface area contributed by atoms with E-state index < -0.39 is 16.9 Å². The van der Waals surface area contributed by atoms with Crippen molar-refractivity contribution in [3.8, 4) is 0 Å². The first-order valence-electron chi connectivity index (χ1n) is 10.0. The molecule has 1 aliphatic rings. The molecule has 4 rings (SSSR count). The first-order valence-corrected chi connectivity index (χ1v) is 10.0. The maximum Gasteiger partial charge on any atom is 0.293 e. The number of carbonyl (C=O) groups excluding carboxylic acids is 1. The minimum absolute atomic E-state index is 0.0938. The third-order valence-electron chi connectivity index (χ3n) is 5.18. The molecule has 1 unspecified atom stereocenters. The Bertz CT molecular complexity index is 1010. The van der Waals surface area contributed by atoms with E-state index in [1.165, 1.54) is 6.07 Å². The van der Waals surface area contributed by atoms with Gasteiger partial charge in [-0.3, -0.25) is 19.9 Å². The lowest BCUT2D eigenvalue weighted by atomic mass is 10.0. The zero-order chi connectivity index (χ0) is 21.6. The van der Waals surface area contributed by atoms with E-state index in [-0.39, 0.29) is 11.3 Å². The molecule has 2 aromatic carbocycles. The summed E-state index contributed by atoms with van der Waals surface area (Å²) in [7, 11) is 0. The van der Waals surface area contributed by atoms with Crippen LogP contribution in [0.3, 0.4) is 0 Å². The molecule has 0 spiro atoms. The summed E-state index contributed by atoms with van der Waals surface area (Å²) in [6, 6.07) is 19.1. The molecule has 1 amide bonds. The predicted molar refractivity (Wildman–Crippen MR) is 116 cm³/mol. The van der Waals surface area contributed by atoms with E-state index in [4.69, 9.17) is 4.74 Å². The van der Waals surface area contributed by atoms with Gasteiger partial charge in [0.15, 0.2) is 0 Å². The quantitative estimate of drug-likeness (QED) is 0.487. The molecule has 158 valence electrons. The number of nitrogens with zero attached hydrogens (tertiary/aromatic N) is 3. The predicted octanol–water partition coefficient (Wildman–Crippen LogP) is 3.35. The lowest BCUT2D eigenvalue weighted by Crippen LogP contribution is -2.36. The molecule has 31 heavy (non-hydrogen) atoms. The highest BCUT2D eigenvalue weighted by Crippen LogP contribution is 2.30. The summed E-state index contributed by atoms with van der Waals surface area (Å²) in [4.78, 5) is 30.6. The second-order valence-corrected chi connectivity index (χ2v) is 7.13. The van der Waals surface area contributed by atoms with Crippen molar-refractivity contribution in [3.05, 3.63) is 99.9 Å². The third kappa shape index (κ3) is 4.70. The van der Waals surface area contributed by atoms with E-state index in [0.717, 1.165) is 5.56 Å². The molecule has 0 saturated carbocycles. The zero-order valence-corrected chi connectivity index (χ0v) is 16.8. The van der Waals surface area contributed by atoms with Crippen LogP contribution < -0.4 is 10.2 Å². The lowest BCUT2D eigenvalue weighted by Gasteiger charge is -2.28. The fraction of sp³-hybridized carbons (Fsp3) is 0.217. The number of pyridine rings is 1. The van der Waals surface area contributed by atoms with Crippen LogP contribution in [0.2, 0.25) is 0 Å². The molecule has 0 aliphatic carbocycles. The van der Waals surface area contributed by atoms with Crippen molar-refractivity contribution in [2.45, 2.75) is 6.04 Å². The minimum atomic E-state index is -0.479. The van der Waals surface area contributed by atoms with E-state index >= 15 is 0 Å². The van der Waals surface area contributed by atoms with Gasteiger partial charge in [0.05, 0.1) is 29.9 Å². The fourth-order valence-electron chi connectivity index (χ4n) is 3.62. The van der Waals surface area contributed by atoms with Crippen LogP contribution in [0.25, 0.3) is 0 Å². The molecule has 3 aromatic rings. The van der Waals surface area contributed by atoms with Gasteiger partial charge in [-0.05, 0) is 29.8 Å². The molecule has 1 N–H and O–H groups in total. The highest BCUT2D eigenvalue weighted by molar-refractivity contribution is 5.96. The van der Waals surface area contributed by atoms with Crippen LogP contribution in [0.5, 0.6) is 0 Å². The molecule has 1 fully saturated rings. The normalized spacial score (nSPS) is 14.6. The smallest absolute Gasteiger partial charge is 0.293 e. The highest BCUT2D eigenvalue weighted by Gasteiger charge is 2.25. The number of hydrogen-bond acceptors (Lipinski definition) is 6. The van der Waals surface area contributed by atoms with Crippen LogP contribution in [-0.2, 0) is 4.74 Å². The SMILES string of the molecule is O=C(NC(c1ccccc1)c1ccccn1)c1ccc(N2CCOCC2)c([N+](=O)[O-])c1. The number of morpholine rings is 1. The number of amides is 1. The van der Waals surface area contributed by atoms with Crippen LogP contribution in [-0.4, -0.2) is 42.1 Å². The number of aromatic nitrogens is 1. The number of anilines is 1. The number of nitro groups is 1. The molecule has 1 atom stereocenters. The topological polar surface area (TPSA) is 97.6 Å². The van der Waals surface area contributed by atoms with Crippen molar-refractivity contribution in [2.75, 3.05) is 31.2 Å². The first kappa shape index (κ1) is 20.5. The van der Waals surface area contributed by atoms with Crippen molar-refractivity contribution in [2.24, 2.45) is 0 Å². The maximum absolute atomic E-state index is 13.1. The molecule has 1 saturated heterocycles. The summed E-state index contributed by atoms with van der Waals surface area (Å²) < 4.78 is 5.33. The number of nitrogens with one attached hydrogen (secondary N) is 1. The Balaban J connectivity index is 1.63. The standard InChI is InChI=1S/C23H22N4O4/c28-23(25-22(17-6-2-1-3-7-17)19-8-4-5-11-24-19)18-9-10-20(21(16-18)27(29)30)26-12-14-31-15-13-26/h1-11,16,22H,12-15H2,(H,25,28). The van der Waals surface area contributed by atoms with Gasteiger partial charge in [0.25, 0.3) is 11.6 Å². The first-order chi connectivity index (χ1) is 15.1. The summed E-state index contributed by atoms with van der Waals surface area (Å²) in [5.41, 5.74) is 2.17. The van der Waals surface area contributed by atoms with Crippen molar-refractivity contribution in [1.82, 2.24) is 10.3 Å². The fourth-order valence-corrected chi connectivity index (χ4v) is 3.62. The van der Waals surface area contributed by atoms with Crippen LogP contribution in [0.1, 0.15) is 27.7 Å². The van der Waals surface area contributed by atoms with Gasteiger partial charge in [-0.2, -0.15) is 0 Å². The summed E-state index contributed by atoms with van der Waals surface area (Å²) in [6.07, 6.45) is 1.67. The molecular formula is C23H22N4O4. The molecular weight excluding hydrogens is 396 g/mol. The Morgan fingerprint density at radius 1 is 1.06 bits per heavy atom. The van der Waals surface area contributed by atoms with Gasteiger partial charge >= 0.3 is 0 Å². The second-order valence-electron chi connectivity index (χ2n) is 7.13. The lowest BCUT2D eigenvalue weighted by molar-refractivity contribution is -0.384. The van der Waals surface area contributed by atoms with E-state index in [9.17, 15) is 14.9 Å². The summed E-state index contributed by atoms with van der Waals surface area (Å²) in [6.45, 7) is 2.18. The number of rotatable bonds is 6. The zero-order valence-electron chi connectivity index (χ0n) is 16.8. The van der Waals surface area contributed by atoms with Crippen LogP contribution in [0.15, 0.2) is 72.9 Å². The maximum atomic E-state index is 13.1. The van der Waals surface area contributed by atoms with Gasteiger partial charge in [-0.15, -0.1) is 0 Å². The van der Waals surface area contributed by atoms with Crippen molar-refractivity contribution >= 4 is 17.3 Å². The molecule has 1 aromatic heterocycles. The Morgan fingerprint density at radius 3 is 2.48 bits per heavy atom. The second kappa shape index (κ2) is 9.36. The summed E-state index contributed by atoms with van der Waals surface area (Å²) in [5, 5.41) is 14.7. The highest BCUT2D eigenvalue weighted by atomic mass is 16.6. The van der Waals surface area contributed by atoms with Crippen molar-refractivity contribution in [1.29, 1.82) is 0 Å². The minimum Gasteiger partial charge on any atom is -0.378 e. The average Bonchev–Trinajstić information content (AvgIpc) is 2.83. The van der Waals surface area contributed by atoms with Gasteiger partial charge in [0, 0.05) is 30.9 Å². The average molecular weight is 418 g/mol. The van der Waals surface area contributed by atoms with Gasteiger partial charge in [-0.25, -0.2) is 0 Å². The third-order valence-corrected chi connectivity index (χ3v) is 5.18. The van der Waals surface area contributed by atoms with E-state index in [0.29, 0.717) is 37.7 Å². The summed E-state index contributed by atoms with van der Waals surface area (Å²) in [5.74, 6) is -0.406. The van der Waals surface area contributed by atoms with Crippen LogP contribution >= 0.6 is 0 Å². The van der Waals surface area contributed by atoms with Gasteiger partial charge < -0.3 is 15.0 Å². The Morgan fingerprint density at radius 2 is 1.81 bits per heavy atom. The Hall–Kier alpha value is -3.78. The molecule has 0 radical (unpaired) electrons. The molecule has 0 bridgehead atoms. The van der Waals surface area contributed by atoms with E-state index in [1.807, 2.05) is 47.4 Å². The van der Waals surface area contributed by atoms with Crippen LogP contribution in [0.4, 0.5) is 11.4 Å². The number of nitro benzene ring substituents is 1. The number of hydrogen-bond donors (Lipinski definition) is 1. The van der Waals surface area contributed by atoms with Gasteiger partial charge in [0.1, 0.15) is 5.69 Å². The number of benzene rings is 2. The largest absolute Gasteiger partial charge is 0.378 e.